The molecule has 2 aliphatic rings. The monoisotopic (exact) mass is 297 g/mol. The van der Waals surface area contributed by atoms with Crippen LogP contribution in [0.4, 0.5) is 4.79 Å². The minimum Gasteiger partial charge on any atom is -0.480 e. The average molecular weight is 297 g/mol. The zero-order valence-corrected chi connectivity index (χ0v) is 12.4. The largest absolute Gasteiger partial charge is 0.480 e. The van der Waals surface area contributed by atoms with E-state index < -0.39 is 11.5 Å². The van der Waals surface area contributed by atoms with Gasteiger partial charge in [0.25, 0.3) is 0 Å². The van der Waals surface area contributed by atoms with Crippen molar-refractivity contribution in [2.45, 2.75) is 44.6 Å². The Bertz CT molecular complexity index is 424. The molecule has 0 bridgehead atoms. The lowest BCUT2D eigenvalue weighted by atomic mass is 9.82. The number of hydrogen-bond acceptors (Lipinski definition) is 3. The highest BCUT2D eigenvalue weighted by molar-refractivity contribution is 5.86. The Labute approximate surface area is 124 Å². The number of carbonyl (C=O) groups is 3. The standard InChI is InChI=1S/C14H23N3O4/c1-11(18)16-7-9-17(10-8-16)13(21)15-14(12(19)20)5-3-2-4-6-14/h2-10H2,1H3,(H,15,21)(H,19,20). The van der Waals surface area contributed by atoms with Gasteiger partial charge in [-0.05, 0) is 12.8 Å². The van der Waals surface area contributed by atoms with Crippen molar-refractivity contribution in [2.75, 3.05) is 26.2 Å². The second-order valence-corrected chi connectivity index (χ2v) is 5.87. The summed E-state index contributed by atoms with van der Waals surface area (Å²) in [6, 6.07) is -0.331. The molecule has 21 heavy (non-hydrogen) atoms. The van der Waals surface area contributed by atoms with Crippen molar-refractivity contribution in [3.8, 4) is 0 Å². The molecule has 7 heteroatoms. The fraction of sp³-hybridized carbons (Fsp3) is 0.786. The summed E-state index contributed by atoms with van der Waals surface area (Å²) < 4.78 is 0. The molecule has 0 aromatic carbocycles. The van der Waals surface area contributed by atoms with Crippen molar-refractivity contribution in [1.82, 2.24) is 15.1 Å². The third-order valence-corrected chi connectivity index (χ3v) is 4.47. The van der Waals surface area contributed by atoms with Gasteiger partial charge in [0, 0.05) is 33.1 Å². The van der Waals surface area contributed by atoms with E-state index in [0.717, 1.165) is 19.3 Å². The van der Waals surface area contributed by atoms with Gasteiger partial charge in [0.1, 0.15) is 5.54 Å². The molecule has 1 aliphatic carbocycles. The highest BCUT2D eigenvalue weighted by Crippen LogP contribution is 2.28. The van der Waals surface area contributed by atoms with Crippen LogP contribution in [0.1, 0.15) is 39.0 Å². The molecular formula is C14H23N3O4. The van der Waals surface area contributed by atoms with Crippen molar-refractivity contribution in [2.24, 2.45) is 0 Å². The van der Waals surface area contributed by atoms with Crippen LogP contribution < -0.4 is 5.32 Å². The Morgan fingerprint density at radius 3 is 1.95 bits per heavy atom. The van der Waals surface area contributed by atoms with Gasteiger partial charge < -0.3 is 20.2 Å². The van der Waals surface area contributed by atoms with Crippen molar-refractivity contribution in [3.05, 3.63) is 0 Å². The number of carbonyl (C=O) groups excluding carboxylic acids is 2. The number of nitrogens with one attached hydrogen (secondary N) is 1. The minimum atomic E-state index is -1.12. The zero-order chi connectivity index (χ0) is 15.5. The summed E-state index contributed by atoms with van der Waals surface area (Å²) in [6.45, 7) is 3.41. The van der Waals surface area contributed by atoms with Crippen LogP contribution >= 0.6 is 0 Å². The van der Waals surface area contributed by atoms with Crippen LogP contribution in [0.3, 0.4) is 0 Å². The average Bonchev–Trinajstić information content (AvgIpc) is 2.48. The number of aliphatic carboxylic acids is 1. The van der Waals surface area contributed by atoms with Gasteiger partial charge in [-0.1, -0.05) is 19.3 Å². The summed E-state index contributed by atoms with van der Waals surface area (Å²) in [6.07, 6.45) is 3.64. The van der Waals surface area contributed by atoms with Crippen LogP contribution in [0.15, 0.2) is 0 Å². The van der Waals surface area contributed by atoms with Crippen LogP contribution in [-0.4, -0.2) is 64.5 Å². The first-order chi connectivity index (χ1) is 9.94. The summed E-state index contributed by atoms with van der Waals surface area (Å²) in [7, 11) is 0. The number of piperazine rings is 1. The lowest BCUT2D eigenvalue weighted by Gasteiger charge is -2.39. The summed E-state index contributed by atoms with van der Waals surface area (Å²) in [5.74, 6) is -0.942. The summed E-state index contributed by atoms with van der Waals surface area (Å²) in [5, 5.41) is 12.2. The Kier molecular flexibility index (Phi) is 4.69. The first-order valence-corrected chi connectivity index (χ1v) is 7.51. The number of nitrogens with zero attached hydrogens (tertiary/aromatic N) is 2. The highest BCUT2D eigenvalue weighted by Gasteiger charge is 2.42. The molecule has 2 rings (SSSR count). The van der Waals surface area contributed by atoms with Crippen LogP contribution in [0.5, 0.6) is 0 Å². The van der Waals surface area contributed by atoms with E-state index in [-0.39, 0.29) is 11.9 Å². The molecule has 3 amide bonds. The molecule has 0 aromatic rings. The normalized spacial score (nSPS) is 21.8. The van der Waals surface area contributed by atoms with E-state index in [2.05, 4.69) is 5.32 Å². The second kappa shape index (κ2) is 6.32. The van der Waals surface area contributed by atoms with Crippen molar-refractivity contribution in [3.63, 3.8) is 0 Å². The number of rotatable bonds is 2. The predicted octanol–water partition coefficient (Wildman–Crippen LogP) is 0.648. The lowest BCUT2D eigenvalue weighted by Crippen LogP contribution is -2.61. The van der Waals surface area contributed by atoms with Gasteiger partial charge in [-0.25, -0.2) is 9.59 Å². The number of amides is 3. The molecule has 0 spiro atoms. The molecule has 0 atom stereocenters. The van der Waals surface area contributed by atoms with E-state index in [1.807, 2.05) is 0 Å². The SMILES string of the molecule is CC(=O)N1CCN(C(=O)NC2(C(=O)O)CCCCC2)CC1. The van der Waals surface area contributed by atoms with Gasteiger partial charge in [-0.3, -0.25) is 4.79 Å². The number of carboxylic acid groups (broad SMARTS) is 1. The third kappa shape index (κ3) is 3.46. The number of hydrogen-bond donors (Lipinski definition) is 2. The second-order valence-electron chi connectivity index (χ2n) is 5.87. The van der Waals surface area contributed by atoms with Crippen LogP contribution in [0, 0.1) is 0 Å². The third-order valence-electron chi connectivity index (χ3n) is 4.47. The molecule has 118 valence electrons. The molecule has 1 aliphatic heterocycles. The predicted molar refractivity (Wildman–Crippen MR) is 75.8 cm³/mol. The molecule has 2 N–H and O–H groups in total. The Morgan fingerprint density at radius 1 is 0.952 bits per heavy atom. The van der Waals surface area contributed by atoms with Gasteiger partial charge in [0.05, 0.1) is 0 Å². The molecule has 1 heterocycles. The lowest BCUT2D eigenvalue weighted by molar-refractivity contribution is -0.146. The topological polar surface area (TPSA) is 90.0 Å². The van der Waals surface area contributed by atoms with Gasteiger partial charge in [0.15, 0.2) is 0 Å². The van der Waals surface area contributed by atoms with E-state index in [0.29, 0.717) is 39.0 Å². The summed E-state index contributed by atoms with van der Waals surface area (Å²) >= 11 is 0. The Balaban J connectivity index is 1.94. The minimum absolute atomic E-state index is 0.00402. The van der Waals surface area contributed by atoms with Crippen LogP contribution in [0.25, 0.3) is 0 Å². The van der Waals surface area contributed by atoms with E-state index in [4.69, 9.17) is 0 Å². The van der Waals surface area contributed by atoms with Crippen molar-refractivity contribution < 1.29 is 19.5 Å². The van der Waals surface area contributed by atoms with E-state index in [1.54, 1.807) is 9.80 Å². The van der Waals surface area contributed by atoms with Crippen molar-refractivity contribution in [1.29, 1.82) is 0 Å². The molecule has 1 saturated heterocycles. The maximum absolute atomic E-state index is 12.3. The van der Waals surface area contributed by atoms with E-state index >= 15 is 0 Å². The molecule has 1 saturated carbocycles. The Morgan fingerprint density at radius 2 is 1.48 bits per heavy atom. The maximum atomic E-state index is 12.3. The number of urea groups is 1. The highest BCUT2D eigenvalue weighted by atomic mass is 16.4. The van der Waals surface area contributed by atoms with E-state index in [9.17, 15) is 19.5 Å². The molecule has 0 unspecified atom stereocenters. The van der Waals surface area contributed by atoms with Crippen LogP contribution in [0.2, 0.25) is 0 Å². The molecule has 7 nitrogen and oxygen atoms in total. The van der Waals surface area contributed by atoms with Gasteiger partial charge in [0.2, 0.25) is 5.91 Å². The summed E-state index contributed by atoms with van der Waals surface area (Å²) in [4.78, 5) is 38.4. The first-order valence-electron chi connectivity index (χ1n) is 7.51. The smallest absolute Gasteiger partial charge is 0.329 e. The number of carboxylic acids is 1. The van der Waals surface area contributed by atoms with E-state index in [1.165, 1.54) is 6.92 Å². The van der Waals surface area contributed by atoms with Crippen LogP contribution in [-0.2, 0) is 9.59 Å². The fourth-order valence-electron chi connectivity index (χ4n) is 3.06. The summed E-state index contributed by atoms with van der Waals surface area (Å²) in [5.41, 5.74) is -1.12. The zero-order valence-electron chi connectivity index (χ0n) is 12.4. The maximum Gasteiger partial charge on any atom is 0.329 e. The molecular weight excluding hydrogens is 274 g/mol. The van der Waals surface area contributed by atoms with Gasteiger partial charge >= 0.3 is 12.0 Å². The molecule has 2 fully saturated rings. The fourth-order valence-corrected chi connectivity index (χ4v) is 3.06. The first kappa shape index (κ1) is 15.6. The van der Waals surface area contributed by atoms with Gasteiger partial charge in [-0.15, -0.1) is 0 Å². The molecule has 0 aromatic heterocycles. The quantitative estimate of drug-likeness (QED) is 0.783. The Hall–Kier alpha value is -1.79. The van der Waals surface area contributed by atoms with Gasteiger partial charge in [-0.2, -0.15) is 0 Å². The van der Waals surface area contributed by atoms with Crippen molar-refractivity contribution >= 4 is 17.9 Å². The molecule has 0 radical (unpaired) electrons.